The third-order valence-electron chi connectivity index (χ3n) is 1.82. The molecule has 0 aromatic heterocycles. The highest BCUT2D eigenvalue weighted by atomic mass is 16.1. The van der Waals surface area contributed by atoms with Crippen molar-refractivity contribution in [3.8, 4) is 0 Å². The van der Waals surface area contributed by atoms with Crippen molar-refractivity contribution < 1.29 is 14.4 Å². The van der Waals surface area contributed by atoms with Crippen LogP contribution in [0.2, 0.25) is 0 Å². The van der Waals surface area contributed by atoms with Crippen molar-refractivity contribution in [2.75, 3.05) is 0 Å². The Hall–Kier alpha value is -1.25. The van der Waals surface area contributed by atoms with E-state index >= 15 is 0 Å². The molecule has 1 rings (SSSR count). The van der Waals surface area contributed by atoms with Crippen LogP contribution in [-0.4, -0.2) is 17.3 Å². The van der Waals surface area contributed by atoms with Gasteiger partial charge in [0, 0.05) is 6.42 Å². The van der Waals surface area contributed by atoms with Gasteiger partial charge in [-0.3, -0.25) is 4.79 Å². The van der Waals surface area contributed by atoms with Gasteiger partial charge in [0.25, 0.3) is 0 Å². The molecule has 0 aromatic rings. The maximum absolute atomic E-state index is 11.0. The molecule has 18 heavy (non-hydrogen) atoms. The fraction of sp³-hybridized carbons (Fsp3) is 0.667. The van der Waals surface area contributed by atoms with Crippen LogP contribution in [0.4, 0.5) is 0 Å². The smallest absolute Gasteiger partial charge is 0.156 e. The molecule has 0 heterocycles. The van der Waals surface area contributed by atoms with Crippen LogP contribution in [0.15, 0.2) is 11.6 Å². The van der Waals surface area contributed by atoms with E-state index in [2.05, 4.69) is 13.8 Å². The minimum Gasteiger partial charge on any atom is -0.300 e. The van der Waals surface area contributed by atoms with Gasteiger partial charge in [-0.25, -0.2) is 0 Å². The topological polar surface area (TPSA) is 51.2 Å². The zero-order chi connectivity index (χ0) is 14.9. The average Bonchev–Trinajstić information content (AvgIpc) is 1.94. The van der Waals surface area contributed by atoms with Crippen LogP contribution in [0, 0.1) is 5.41 Å². The van der Waals surface area contributed by atoms with Gasteiger partial charge in [-0.1, -0.05) is 19.4 Å². The lowest BCUT2D eigenvalue weighted by Crippen LogP contribution is -2.20. The Morgan fingerprint density at radius 1 is 1.00 bits per heavy atom. The molecule has 0 unspecified atom stereocenters. The Bertz CT molecular complexity index is 316. The second kappa shape index (κ2) is 8.78. The summed E-state index contributed by atoms with van der Waals surface area (Å²) in [6.45, 7) is 12.4. The largest absolute Gasteiger partial charge is 0.300 e. The predicted molar refractivity (Wildman–Crippen MR) is 74.5 cm³/mol. The quantitative estimate of drug-likeness (QED) is 0.664. The van der Waals surface area contributed by atoms with Crippen molar-refractivity contribution >= 4 is 17.3 Å². The van der Waals surface area contributed by atoms with E-state index in [4.69, 9.17) is 0 Å². The van der Waals surface area contributed by atoms with E-state index in [1.165, 1.54) is 33.3 Å². The number of ketones is 3. The predicted octanol–water partition coefficient (Wildman–Crippen LogP) is 3.51. The molecule has 3 nitrogen and oxygen atoms in total. The molecule has 0 radical (unpaired) electrons. The number of carbonyl (C=O) groups is 3. The fourth-order valence-electron chi connectivity index (χ4n) is 1.67. The molecule has 1 aliphatic carbocycles. The zero-order valence-corrected chi connectivity index (χ0v) is 12.7. The lowest BCUT2D eigenvalue weighted by atomic mass is 9.77. The lowest BCUT2D eigenvalue weighted by Gasteiger charge is -2.27. The third-order valence-corrected chi connectivity index (χ3v) is 1.82. The molecule has 1 aliphatic rings. The van der Waals surface area contributed by atoms with Gasteiger partial charge in [-0.2, -0.15) is 0 Å². The summed E-state index contributed by atoms with van der Waals surface area (Å²) in [7, 11) is 0. The van der Waals surface area contributed by atoms with Crippen LogP contribution in [0.1, 0.15) is 61.3 Å². The van der Waals surface area contributed by atoms with Crippen LogP contribution >= 0.6 is 0 Å². The average molecular weight is 254 g/mol. The number of Topliss-reactive ketones (excluding diaryl/α,β-unsaturated/α-hetero) is 2. The lowest BCUT2D eigenvalue weighted by molar-refractivity contribution is -0.117. The van der Waals surface area contributed by atoms with Gasteiger partial charge in [0.1, 0.15) is 11.6 Å². The highest BCUT2D eigenvalue weighted by Crippen LogP contribution is 2.32. The molecule has 0 spiro atoms. The number of allylic oxidation sites excluding steroid dienone is 2. The minimum absolute atomic E-state index is 0.167. The summed E-state index contributed by atoms with van der Waals surface area (Å²) in [5.74, 6) is 0.619. The summed E-state index contributed by atoms with van der Waals surface area (Å²) in [6, 6.07) is 0. The van der Waals surface area contributed by atoms with Gasteiger partial charge in [0.2, 0.25) is 0 Å². The monoisotopic (exact) mass is 254 g/mol. The molecule has 0 saturated heterocycles. The molecular weight excluding hydrogens is 228 g/mol. The van der Waals surface area contributed by atoms with Crippen molar-refractivity contribution in [3.05, 3.63) is 11.6 Å². The first-order chi connectivity index (χ1) is 7.96. The van der Waals surface area contributed by atoms with Gasteiger partial charge in [-0.05, 0) is 52.5 Å². The Balaban J connectivity index is 0. The Morgan fingerprint density at radius 3 is 1.56 bits per heavy atom. The van der Waals surface area contributed by atoms with E-state index in [0.717, 1.165) is 6.42 Å². The molecule has 3 heteroatoms. The van der Waals surface area contributed by atoms with Gasteiger partial charge in [-0.15, -0.1) is 0 Å². The summed E-state index contributed by atoms with van der Waals surface area (Å²) in [6.07, 6.45) is 3.55. The zero-order valence-electron chi connectivity index (χ0n) is 12.7. The summed E-state index contributed by atoms with van der Waals surface area (Å²) in [5, 5.41) is 0. The van der Waals surface area contributed by atoms with Crippen molar-refractivity contribution in [1.82, 2.24) is 0 Å². The summed E-state index contributed by atoms with van der Waals surface area (Å²) in [5.41, 5.74) is 1.43. The maximum Gasteiger partial charge on any atom is 0.156 e. The number of hydrogen-bond donors (Lipinski definition) is 0. The fourth-order valence-corrected chi connectivity index (χ4v) is 1.67. The molecule has 0 bridgehead atoms. The Labute approximate surface area is 111 Å². The first-order valence-corrected chi connectivity index (χ1v) is 6.10. The number of hydrogen-bond acceptors (Lipinski definition) is 3. The van der Waals surface area contributed by atoms with Gasteiger partial charge < -0.3 is 9.59 Å². The first-order valence-electron chi connectivity index (χ1n) is 6.10. The molecular formula is C15H26O3. The molecule has 0 N–H and O–H groups in total. The van der Waals surface area contributed by atoms with Crippen LogP contribution in [0.25, 0.3) is 0 Å². The molecule has 0 amide bonds. The number of carbonyl (C=O) groups excluding carboxylic acids is 3. The molecule has 0 fully saturated rings. The standard InChI is InChI=1S/C9H14O.2C3H6O/c1-7-4-8(10)6-9(2,3)5-7;2*1-3(2)4/h4H,5-6H2,1-3H3;2*1-2H3. The second-order valence-electron chi connectivity index (χ2n) is 5.79. The summed E-state index contributed by atoms with van der Waals surface area (Å²) in [4.78, 5) is 29.9. The van der Waals surface area contributed by atoms with Gasteiger partial charge in [0.05, 0.1) is 0 Å². The Morgan fingerprint density at radius 2 is 1.33 bits per heavy atom. The number of rotatable bonds is 0. The van der Waals surface area contributed by atoms with E-state index in [1.807, 2.05) is 6.92 Å². The minimum atomic E-state index is 0.167. The van der Waals surface area contributed by atoms with Crippen molar-refractivity contribution in [2.24, 2.45) is 5.41 Å². The van der Waals surface area contributed by atoms with E-state index in [-0.39, 0.29) is 22.8 Å². The highest BCUT2D eigenvalue weighted by molar-refractivity contribution is 5.91. The van der Waals surface area contributed by atoms with Crippen LogP contribution in [0.3, 0.4) is 0 Å². The van der Waals surface area contributed by atoms with Crippen LogP contribution in [-0.2, 0) is 14.4 Å². The third kappa shape index (κ3) is 17.2. The van der Waals surface area contributed by atoms with Crippen LogP contribution < -0.4 is 0 Å². The van der Waals surface area contributed by atoms with E-state index in [1.54, 1.807) is 6.08 Å². The summed E-state index contributed by atoms with van der Waals surface area (Å²) >= 11 is 0. The van der Waals surface area contributed by atoms with Crippen molar-refractivity contribution in [1.29, 1.82) is 0 Å². The highest BCUT2D eigenvalue weighted by Gasteiger charge is 2.25. The normalized spacial score (nSPS) is 16.4. The van der Waals surface area contributed by atoms with E-state index in [9.17, 15) is 14.4 Å². The van der Waals surface area contributed by atoms with Crippen molar-refractivity contribution in [3.63, 3.8) is 0 Å². The van der Waals surface area contributed by atoms with Gasteiger partial charge >= 0.3 is 0 Å². The Kier molecular flexibility index (Phi) is 9.32. The molecule has 0 aliphatic heterocycles. The van der Waals surface area contributed by atoms with Crippen molar-refractivity contribution in [2.45, 2.75) is 61.3 Å². The molecule has 0 atom stereocenters. The van der Waals surface area contributed by atoms with E-state index < -0.39 is 0 Å². The van der Waals surface area contributed by atoms with Gasteiger partial charge in [0.15, 0.2) is 5.78 Å². The maximum atomic E-state index is 11.0. The SMILES string of the molecule is CC(C)=O.CC(C)=O.CC1=CC(=O)CC(C)(C)C1. The molecule has 0 saturated carbocycles. The van der Waals surface area contributed by atoms with Crippen LogP contribution in [0.5, 0.6) is 0 Å². The molecule has 104 valence electrons. The first kappa shape index (κ1) is 19.1. The molecule has 0 aromatic carbocycles. The van der Waals surface area contributed by atoms with E-state index in [0.29, 0.717) is 6.42 Å². The summed E-state index contributed by atoms with van der Waals surface area (Å²) < 4.78 is 0. The second-order valence-corrected chi connectivity index (χ2v) is 5.79.